The van der Waals surface area contributed by atoms with Gasteiger partial charge in [0, 0.05) is 21.4 Å². The summed E-state index contributed by atoms with van der Waals surface area (Å²) in [4.78, 5) is 12.2. The van der Waals surface area contributed by atoms with Gasteiger partial charge >= 0.3 is 5.97 Å². The highest BCUT2D eigenvalue weighted by Gasteiger charge is 2.19. The summed E-state index contributed by atoms with van der Waals surface area (Å²) in [5.41, 5.74) is 5.08. The lowest BCUT2D eigenvalue weighted by Gasteiger charge is -2.17. The highest BCUT2D eigenvalue weighted by molar-refractivity contribution is 9.10. The summed E-state index contributed by atoms with van der Waals surface area (Å²) in [5.74, 6) is -0.462. The Morgan fingerprint density at radius 1 is 1.14 bits per heavy atom. The molecule has 0 spiro atoms. The molecule has 0 bridgehead atoms. The number of ether oxygens (including phenoxy) is 2. The van der Waals surface area contributed by atoms with E-state index in [-0.39, 0.29) is 11.3 Å². The molecule has 0 amide bonds. The number of rotatable bonds is 5. The van der Waals surface area contributed by atoms with E-state index in [1.54, 1.807) is 18.2 Å². The number of carbonyl (C=O) groups excluding carboxylic acids is 1. The van der Waals surface area contributed by atoms with Gasteiger partial charge in [-0.25, -0.2) is 4.79 Å². The minimum atomic E-state index is -1.62. The largest absolute Gasteiger partial charge is 0.465 e. The van der Waals surface area contributed by atoms with E-state index in [9.17, 15) is 9.18 Å². The maximum absolute atomic E-state index is 13.3. The monoisotopic (exact) mass is 463 g/mol. The third-order valence-corrected chi connectivity index (χ3v) is 5.05. The van der Waals surface area contributed by atoms with Crippen LogP contribution in [0.15, 0.2) is 53.0 Å². The van der Waals surface area contributed by atoms with Crippen molar-refractivity contribution in [3.63, 3.8) is 0 Å². The summed E-state index contributed by atoms with van der Waals surface area (Å²) in [5, 5.41) is 0. The molecule has 0 saturated heterocycles. The van der Waals surface area contributed by atoms with Crippen LogP contribution in [0.1, 0.15) is 21.6 Å². The molecule has 2 aromatic carbocycles. The molecular weight excluding hydrogens is 444 g/mol. The molecule has 2 unspecified atom stereocenters. The zero-order valence-electron chi connectivity index (χ0n) is 15.7. The molecule has 1 aromatic heterocycles. The first-order chi connectivity index (χ1) is 13.3. The SMILES string of the molecule is COC(=O)c1cc(-n2c(C)ccc2-c2cc(Br)ccc2C)ccc1OC(F)P. The van der Waals surface area contributed by atoms with Gasteiger partial charge in [-0.3, -0.25) is 0 Å². The number of carbonyl (C=O) groups is 1. The normalized spacial score (nSPS) is 11.9. The smallest absolute Gasteiger partial charge is 0.341 e. The van der Waals surface area contributed by atoms with Crippen molar-refractivity contribution >= 4 is 31.1 Å². The van der Waals surface area contributed by atoms with Crippen LogP contribution in [-0.2, 0) is 4.74 Å². The average Bonchev–Trinajstić information content (AvgIpc) is 3.04. The van der Waals surface area contributed by atoms with Crippen LogP contribution in [0.2, 0.25) is 0 Å². The van der Waals surface area contributed by atoms with Crippen molar-refractivity contribution in [3.8, 4) is 22.7 Å². The van der Waals surface area contributed by atoms with Gasteiger partial charge in [0.05, 0.1) is 12.8 Å². The number of aryl methyl sites for hydroxylation is 2. The van der Waals surface area contributed by atoms with E-state index < -0.39 is 12.1 Å². The number of hydrogen-bond donors (Lipinski definition) is 0. The third kappa shape index (κ3) is 4.13. The first-order valence-electron chi connectivity index (χ1n) is 8.55. The van der Waals surface area contributed by atoms with E-state index in [0.29, 0.717) is 0 Å². The van der Waals surface area contributed by atoms with E-state index in [2.05, 4.69) is 22.0 Å². The second-order valence-electron chi connectivity index (χ2n) is 6.30. The Hall–Kier alpha value is -2.17. The summed E-state index contributed by atoms with van der Waals surface area (Å²) in [6.45, 7) is 4.03. The number of hydrogen-bond acceptors (Lipinski definition) is 3. The number of nitrogens with zero attached hydrogens (tertiary/aromatic N) is 1. The van der Waals surface area contributed by atoms with Gasteiger partial charge < -0.3 is 14.0 Å². The fraction of sp³-hybridized carbons (Fsp3) is 0.190. The van der Waals surface area contributed by atoms with Crippen molar-refractivity contribution in [2.45, 2.75) is 19.9 Å². The number of alkyl halides is 1. The Bertz CT molecular complexity index is 1030. The van der Waals surface area contributed by atoms with Crippen LogP contribution in [-0.4, -0.2) is 23.7 Å². The number of aromatic nitrogens is 1. The lowest BCUT2D eigenvalue weighted by atomic mass is 10.1. The molecule has 4 nitrogen and oxygen atoms in total. The molecule has 0 aliphatic heterocycles. The van der Waals surface area contributed by atoms with Gasteiger partial charge in [-0.05, 0) is 61.9 Å². The second-order valence-corrected chi connectivity index (χ2v) is 7.74. The Kier molecular flexibility index (Phi) is 6.21. The highest BCUT2D eigenvalue weighted by atomic mass is 79.9. The van der Waals surface area contributed by atoms with Crippen LogP contribution in [0.3, 0.4) is 0 Å². The Labute approximate surface area is 174 Å². The molecule has 3 aromatic rings. The third-order valence-electron chi connectivity index (χ3n) is 4.42. The molecular formula is C21H20BrFNO3P. The van der Waals surface area contributed by atoms with E-state index in [1.807, 2.05) is 51.9 Å². The quantitative estimate of drug-likeness (QED) is 0.353. The van der Waals surface area contributed by atoms with E-state index >= 15 is 0 Å². The molecule has 0 radical (unpaired) electrons. The molecule has 7 heteroatoms. The molecule has 0 aliphatic carbocycles. The van der Waals surface area contributed by atoms with E-state index in [4.69, 9.17) is 9.47 Å². The second kappa shape index (κ2) is 8.46. The molecule has 146 valence electrons. The summed E-state index contributed by atoms with van der Waals surface area (Å²) in [6.07, 6.45) is -1.62. The van der Waals surface area contributed by atoms with Gasteiger partial charge in [-0.2, -0.15) is 4.39 Å². The van der Waals surface area contributed by atoms with Crippen molar-refractivity contribution < 1.29 is 18.7 Å². The molecule has 0 N–H and O–H groups in total. The minimum Gasteiger partial charge on any atom is -0.465 e. The summed E-state index contributed by atoms with van der Waals surface area (Å²) >= 11 is 3.53. The molecule has 0 saturated carbocycles. The van der Waals surface area contributed by atoms with Crippen molar-refractivity contribution in [2.24, 2.45) is 0 Å². The maximum Gasteiger partial charge on any atom is 0.341 e. The fourth-order valence-electron chi connectivity index (χ4n) is 3.11. The number of halogens is 2. The Balaban J connectivity index is 2.18. The van der Waals surface area contributed by atoms with Crippen LogP contribution >= 0.6 is 25.2 Å². The van der Waals surface area contributed by atoms with Gasteiger partial charge in [0.1, 0.15) is 11.3 Å². The number of benzene rings is 2. The van der Waals surface area contributed by atoms with Crippen LogP contribution in [0.4, 0.5) is 4.39 Å². The summed E-state index contributed by atoms with van der Waals surface area (Å²) in [6, 6.07) is 15.2. The first-order valence-corrected chi connectivity index (χ1v) is 10.0. The minimum absolute atomic E-state index is 0.128. The predicted molar refractivity (Wildman–Crippen MR) is 115 cm³/mol. The number of methoxy groups -OCH3 is 1. The molecule has 1 heterocycles. The fourth-order valence-corrected chi connectivity index (χ4v) is 3.62. The van der Waals surface area contributed by atoms with Crippen LogP contribution in [0.5, 0.6) is 5.75 Å². The highest BCUT2D eigenvalue weighted by Crippen LogP contribution is 2.33. The lowest BCUT2D eigenvalue weighted by molar-refractivity contribution is 0.0590. The standard InChI is InChI=1S/C21H20BrFNO3P/c1-12-4-6-14(22)10-16(12)18-8-5-13(2)24(18)15-7-9-19(27-21(23)28)17(11-15)20(25)26-3/h4-11,21H,28H2,1-3H3. The van der Waals surface area contributed by atoms with Crippen molar-refractivity contribution in [2.75, 3.05) is 7.11 Å². The molecule has 0 fully saturated rings. The van der Waals surface area contributed by atoms with Crippen molar-refractivity contribution in [1.29, 1.82) is 0 Å². The molecule has 3 rings (SSSR count). The van der Waals surface area contributed by atoms with Crippen molar-refractivity contribution in [1.82, 2.24) is 4.57 Å². The van der Waals surface area contributed by atoms with Gasteiger partial charge in [0.15, 0.2) is 0 Å². The van der Waals surface area contributed by atoms with Gasteiger partial charge in [-0.1, -0.05) is 31.2 Å². The molecule has 0 aliphatic rings. The Morgan fingerprint density at radius 3 is 2.57 bits per heavy atom. The molecule has 2 atom stereocenters. The van der Waals surface area contributed by atoms with E-state index in [1.165, 1.54) is 7.11 Å². The number of esters is 1. The summed E-state index contributed by atoms with van der Waals surface area (Å²) in [7, 11) is 3.18. The predicted octanol–water partition coefficient (Wildman–Crippen LogP) is 5.82. The zero-order chi connectivity index (χ0) is 20.4. The summed E-state index contributed by atoms with van der Waals surface area (Å²) < 4.78 is 26.3. The lowest BCUT2D eigenvalue weighted by Crippen LogP contribution is -2.10. The zero-order valence-corrected chi connectivity index (χ0v) is 18.4. The van der Waals surface area contributed by atoms with Crippen molar-refractivity contribution in [3.05, 3.63) is 69.8 Å². The molecule has 28 heavy (non-hydrogen) atoms. The maximum atomic E-state index is 13.3. The van der Waals surface area contributed by atoms with Gasteiger partial charge in [-0.15, -0.1) is 0 Å². The van der Waals surface area contributed by atoms with Gasteiger partial charge in [0.25, 0.3) is 0 Å². The first kappa shape index (κ1) is 20.6. The Morgan fingerprint density at radius 2 is 1.89 bits per heavy atom. The van der Waals surface area contributed by atoms with Crippen LogP contribution in [0, 0.1) is 13.8 Å². The average molecular weight is 464 g/mol. The van der Waals surface area contributed by atoms with E-state index in [0.717, 1.165) is 32.7 Å². The van der Waals surface area contributed by atoms with Gasteiger partial charge in [0.2, 0.25) is 6.10 Å². The topological polar surface area (TPSA) is 40.5 Å². The van der Waals surface area contributed by atoms with Crippen LogP contribution in [0.25, 0.3) is 16.9 Å². The van der Waals surface area contributed by atoms with Crippen LogP contribution < -0.4 is 4.74 Å².